The number of ether oxygens (including phenoxy) is 2. The van der Waals surface area contributed by atoms with Crippen LogP contribution < -0.4 is 14.8 Å². The molecule has 0 aliphatic heterocycles. The van der Waals surface area contributed by atoms with Crippen LogP contribution in [0.3, 0.4) is 0 Å². The van der Waals surface area contributed by atoms with E-state index in [4.69, 9.17) is 9.47 Å². The molecule has 6 heteroatoms. The average molecular weight is 335 g/mol. The molecule has 0 aliphatic rings. The molecule has 0 aliphatic carbocycles. The number of rotatable bonds is 6. The molecule has 1 unspecified atom stereocenters. The smallest absolute Gasteiger partial charge is 0.225 e. The SMILES string of the molecule is COc1ccc(C(C)CC(=O)Nc2ccc(F)cc2F)c(OC)c1. The van der Waals surface area contributed by atoms with E-state index in [-0.39, 0.29) is 23.9 Å². The predicted molar refractivity (Wildman–Crippen MR) is 87.6 cm³/mol. The van der Waals surface area contributed by atoms with Crippen molar-refractivity contribution in [1.29, 1.82) is 0 Å². The van der Waals surface area contributed by atoms with Crippen LogP contribution in [0.2, 0.25) is 0 Å². The van der Waals surface area contributed by atoms with Gasteiger partial charge in [0.1, 0.15) is 23.1 Å². The largest absolute Gasteiger partial charge is 0.497 e. The highest BCUT2D eigenvalue weighted by Crippen LogP contribution is 2.32. The molecule has 0 saturated carbocycles. The zero-order valence-electron chi connectivity index (χ0n) is 13.7. The second-order valence-electron chi connectivity index (χ2n) is 5.39. The summed E-state index contributed by atoms with van der Waals surface area (Å²) in [6.07, 6.45) is 0.125. The number of amides is 1. The Morgan fingerprint density at radius 3 is 2.50 bits per heavy atom. The van der Waals surface area contributed by atoms with Crippen molar-refractivity contribution in [2.75, 3.05) is 19.5 Å². The highest BCUT2D eigenvalue weighted by molar-refractivity contribution is 5.91. The number of methoxy groups -OCH3 is 2. The van der Waals surface area contributed by atoms with Gasteiger partial charge in [-0.3, -0.25) is 4.79 Å². The molecule has 24 heavy (non-hydrogen) atoms. The molecule has 1 amide bonds. The maximum Gasteiger partial charge on any atom is 0.225 e. The average Bonchev–Trinajstić information content (AvgIpc) is 2.56. The lowest BCUT2D eigenvalue weighted by atomic mass is 9.96. The van der Waals surface area contributed by atoms with Gasteiger partial charge in [0.05, 0.1) is 19.9 Å². The Bertz CT molecular complexity index is 734. The minimum Gasteiger partial charge on any atom is -0.497 e. The molecule has 1 atom stereocenters. The van der Waals surface area contributed by atoms with Gasteiger partial charge in [-0.25, -0.2) is 8.78 Å². The Labute approximate surface area is 139 Å². The lowest BCUT2D eigenvalue weighted by molar-refractivity contribution is -0.116. The predicted octanol–water partition coefficient (Wildman–Crippen LogP) is 4.11. The first-order chi connectivity index (χ1) is 11.4. The third kappa shape index (κ3) is 4.22. The van der Waals surface area contributed by atoms with Crippen LogP contribution in [0.5, 0.6) is 11.5 Å². The molecule has 2 aromatic rings. The fraction of sp³-hybridized carbons (Fsp3) is 0.278. The summed E-state index contributed by atoms with van der Waals surface area (Å²) < 4.78 is 36.9. The van der Waals surface area contributed by atoms with E-state index < -0.39 is 11.6 Å². The van der Waals surface area contributed by atoms with Crippen LogP contribution >= 0.6 is 0 Å². The van der Waals surface area contributed by atoms with Crippen molar-refractivity contribution in [2.24, 2.45) is 0 Å². The van der Waals surface area contributed by atoms with Gasteiger partial charge in [0.15, 0.2) is 0 Å². The second-order valence-corrected chi connectivity index (χ2v) is 5.39. The van der Waals surface area contributed by atoms with Crippen LogP contribution in [0.1, 0.15) is 24.8 Å². The maximum absolute atomic E-state index is 13.6. The lowest BCUT2D eigenvalue weighted by Gasteiger charge is -2.16. The van der Waals surface area contributed by atoms with E-state index >= 15 is 0 Å². The topological polar surface area (TPSA) is 47.6 Å². The van der Waals surface area contributed by atoms with E-state index in [1.54, 1.807) is 26.4 Å². The number of benzene rings is 2. The standard InChI is InChI=1S/C18H19F2NO3/c1-11(14-6-5-13(23-2)10-17(14)24-3)8-18(22)21-16-7-4-12(19)9-15(16)20/h4-7,9-11H,8H2,1-3H3,(H,21,22). The molecular weight excluding hydrogens is 316 g/mol. The minimum atomic E-state index is -0.807. The van der Waals surface area contributed by atoms with Gasteiger partial charge in [0.25, 0.3) is 0 Å². The Morgan fingerprint density at radius 2 is 1.88 bits per heavy atom. The Balaban J connectivity index is 2.08. The molecule has 0 heterocycles. The van der Waals surface area contributed by atoms with Crippen molar-refractivity contribution in [3.63, 3.8) is 0 Å². The summed E-state index contributed by atoms with van der Waals surface area (Å²) in [4.78, 5) is 12.1. The molecule has 0 aromatic heterocycles. The third-order valence-corrected chi connectivity index (χ3v) is 3.67. The van der Waals surface area contributed by atoms with Gasteiger partial charge in [0, 0.05) is 18.6 Å². The zero-order valence-corrected chi connectivity index (χ0v) is 13.7. The number of hydrogen-bond donors (Lipinski definition) is 1. The van der Waals surface area contributed by atoms with Crippen LogP contribution in [0.15, 0.2) is 36.4 Å². The molecule has 2 rings (SSSR count). The van der Waals surface area contributed by atoms with Gasteiger partial charge in [-0.2, -0.15) is 0 Å². The quantitative estimate of drug-likeness (QED) is 0.864. The minimum absolute atomic E-state index is 0.0460. The fourth-order valence-corrected chi connectivity index (χ4v) is 2.41. The summed E-state index contributed by atoms with van der Waals surface area (Å²) in [7, 11) is 3.10. The Morgan fingerprint density at radius 1 is 1.12 bits per heavy atom. The van der Waals surface area contributed by atoms with Crippen molar-refractivity contribution < 1.29 is 23.0 Å². The third-order valence-electron chi connectivity index (χ3n) is 3.67. The van der Waals surface area contributed by atoms with Crippen molar-refractivity contribution >= 4 is 11.6 Å². The number of nitrogens with one attached hydrogen (secondary N) is 1. The molecule has 0 saturated heterocycles. The maximum atomic E-state index is 13.6. The number of carbonyl (C=O) groups is 1. The van der Waals surface area contributed by atoms with Crippen molar-refractivity contribution in [1.82, 2.24) is 0 Å². The van der Waals surface area contributed by atoms with Crippen molar-refractivity contribution in [2.45, 2.75) is 19.3 Å². The molecule has 0 fully saturated rings. The van der Waals surface area contributed by atoms with Gasteiger partial charge in [0.2, 0.25) is 5.91 Å². The van der Waals surface area contributed by atoms with Gasteiger partial charge >= 0.3 is 0 Å². The normalized spacial score (nSPS) is 11.7. The van der Waals surface area contributed by atoms with Crippen LogP contribution in [0.25, 0.3) is 0 Å². The van der Waals surface area contributed by atoms with Gasteiger partial charge in [-0.1, -0.05) is 13.0 Å². The van der Waals surface area contributed by atoms with Gasteiger partial charge in [-0.05, 0) is 29.7 Å². The number of hydrogen-bond acceptors (Lipinski definition) is 3. The molecule has 0 radical (unpaired) electrons. The number of anilines is 1. The van der Waals surface area contributed by atoms with E-state index in [0.717, 1.165) is 17.7 Å². The molecule has 4 nitrogen and oxygen atoms in total. The number of halogens is 2. The van der Waals surface area contributed by atoms with E-state index in [0.29, 0.717) is 11.5 Å². The molecule has 128 valence electrons. The van der Waals surface area contributed by atoms with Gasteiger partial charge in [-0.15, -0.1) is 0 Å². The molecule has 2 aromatic carbocycles. The highest BCUT2D eigenvalue weighted by atomic mass is 19.1. The zero-order chi connectivity index (χ0) is 17.7. The summed E-state index contributed by atoms with van der Waals surface area (Å²) in [6, 6.07) is 8.37. The number of carbonyl (C=O) groups excluding carboxylic acids is 1. The van der Waals surface area contributed by atoms with Crippen molar-refractivity contribution in [3.05, 3.63) is 53.6 Å². The van der Waals surface area contributed by atoms with Gasteiger partial charge < -0.3 is 14.8 Å². The monoisotopic (exact) mass is 335 g/mol. The molecular formula is C18H19F2NO3. The van der Waals surface area contributed by atoms with Crippen LogP contribution in [-0.4, -0.2) is 20.1 Å². The van der Waals surface area contributed by atoms with Crippen LogP contribution in [0, 0.1) is 11.6 Å². The van der Waals surface area contributed by atoms with E-state index in [9.17, 15) is 13.6 Å². The van der Waals surface area contributed by atoms with E-state index in [1.807, 2.05) is 13.0 Å². The summed E-state index contributed by atoms with van der Waals surface area (Å²) in [5.74, 6) is -0.761. The molecule has 1 N–H and O–H groups in total. The van der Waals surface area contributed by atoms with E-state index in [2.05, 4.69) is 5.32 Å². The fourth-order valence-electron chi connectivity index (χ4n) is 2.41. The molecule has 0 bridgehead atoms. The summed E-state index contributed by atoms with van der Waals surface area (Å²) in [5.41, 5.74) is 0.795. The second kappa shape index (κ2) is 7.77. The van der Waals surface area contributed by atoms with E-state index in [1.165, 1.54) is 6.07 Å². The lowest BCUT2D eigenvalue weighted by Crippen LogP contribution is -2.15. The van der Waals surface area contributed by atoms with Crippen molar-refractivity contribution in [3.8, 4) is 11.5 Å². The first kappa shape index (κ1) is 17.7. The molecule has 0 spiro atoms. The van der Waals surface area contributed by atoms with Crippen LogP contribution in [0.4, 0.5) is 14.5 Å². The Kier molecular flexibility index (Phi) is 5.73. The summed E-state index contributed by atoms with van der Waals surface area (Å²) in [6.45, 7) is 1.87. The summed E-state index contributed by atoms with van der Waals surface area (Å²) in [5, 5.41) is 2.45. The Hall–Kier alpha value is -2.63. The first-order valence-electron chi connectivity index (χ1n) is 7.41. The summed E-state index contributed by atoms with van der Waals surface area (Å²) >= 11 is 0. The van der Waals surface area contributed by atoms with Crippen LogP contribution in [-0.2, 0) is 4.79 Å². The first-order valence-corrected chi connectivity index (χ1v) is 7.41. The highest BCUT2D eigenvalue weighted by Gasteiger charge is 2.17.